The van der Waals surface area contributed by atoms with Gasteiger partial charge < -0.3 is 19.5 Å². The van der Waals surface area contributed by atoms with E-state index in [1.165, 1.54) is 29.1 Å². The molecule has 4 rings (SSSR count). The van der Waals surface area contributed by atoms with Crippen LogP contribution in [0.4, 0.5) is 5.13 Å². The van der Waals surface area contributed by atoms with Crippen LogP contribution in [0.1, 0.15) is 43.9 Å². The number of anilines is 1. The van der Waals surface area contributed by atoms with Crippen molar-refractivity contribution in [1.29, 1.82) is 0 Å². The largest absolute Gasteiger partial charge is 0.550 e. The van der Waals surface area contributed by atoms with Gasteiger partial charge in [0.25, 0.3) is 0 Å². The van der Waals surface area contributed by atoms with Gasteiger partial charge >= 0.3 is 0 Å². The number of thiazole rings is 1. The monoisotopic (exact) mass is 455 g/mol. The molecule has 1 aliphatic rings. The van der Waals surface area contributed by atoms with E-state index in [1.807, 2.05) is 46.0 Å². The first-order valence-electron chi connectivity index (χ1n) is 10.8. The Morgan fingerprint density at radius 3 is 2.61 bits per heavy atom. The van der Waals surface area contributed by atoms with Crippen molar-refractivity contribution >= 4 is 33.8 Å². The van der Waals surface area contributed by atoms with Crippen LogP contribution in [-0.2, 0) is 11.3 Å². The Morgan fingerprint density at radius 1 is 1.16 bits per heavy atom. The Hall–Kier alpha value is -2.38. The topological polar surface area (TPSA) is 65.5 Å². The standard InChI is InChI=1S/C24H28N2O3S2/c1-17-4-8-19(9-5-17)29-20-10-6-18(7-11-20)22-16-31-24(25-22)26(13-12-23(27)28)15-21-3-2-14-30-21/h2-3,6-7,10-11,14,16-17,19H,4-5,8-9,12-13,15H2,1H3,(H,27,28)/p-1. The molecular formula is C24H27N2O3S2-. The van der Waals surface area contributed by atoms with Gasteiger partial charge in [-0.25, -0.2) is 4.98 Å². The lowest BCUT2D eigenvalue weighted by molar-refractivity contribution is -0.305. The molecule has 31 heavy (non-hydrogen) atoms. The molecule has 5 nitrogen and oxygen atoms in total. The second-order valence-corrected chi connectivity index (χ2v) is 10.0. The first-order chi connectivity index (χ1) is 15.1. The number of ether oxygens (including phenoxy) is 1. The normalized spacial score (nSPS) is 18.6. The van der Waals surface area contributed by atoms with Gasteiger partial charge in [-0.1, -0.05) is 13.0 Å². The number of benzene rings is 1. The third kappa shape index (κ3) is 6.08. The van der Waals surface area contributed by atoms with Gasteiger partial charge in [-0.3, -0.25) is 0 Å². The van der Waals surface area contributed by atoms with Crippen molar-refractivity contribution in [3.05, 3.63) is 52.0 Å². The van der Waals surface area contributed by atoms with Crippen molar-refractivity contribution in [2.45, 2.75) is 51.7 Å². The van der Waals surface area contributed by atoms with E-state index in [2.05, 4.69) is 13.0 Å². The van der Waals surface area contributed by atoms with E-state index in [0.29, 0.717) is 19.2 Å². The molecule has 2 aromatic heterocycles. The van der Waals surface area contributed by atoms with E-state index < -0.39 is 5.97 Å². The Kier molecular flexibility index (Phi) is 7.25. The highest BCUT2D eigenvalue weighted by molar-refractivity contribution is 7.14. The maximum Gasteiger partial charge on any atom is 0.186 e. The molecule has 0 spiro atoms. The molecule has 0 radical (unpaired) electrons. The summed E-state index contributed by atoms with van der Waals surface area (Å²) in [5.74, 6) is 0.676. The van der Waals surface area contributed by atoms with Crippen LogP contribution in [0.2, 0.25) is 0 Å². The Balaban J connectivity index is 1.43. The quantitative estimate of drug-likeness (QED) is 0.455. The number of hydrogen-bond acceptors (Lipinski definition) is 7. The number of carbonyl (C=O) groups excluding carboxylic acids is 1. The van der Waals surface area contributed by atoms with Crippen molar-refractivity contribution in [3.8, 4) is 17.0 Å². The highest BCUT2D eigenvalue weighted by Crippen LogP contribution is 2.31. The van der Waals surface area contributed by atoms with Crippen molar-refractivity contribution < 1.29 is 14.6 Å². The van der Waals surface area contributed by atoms with E-state index in [9.17, 15) is 9.90 Å². The van der Waals surface area contributed by atoms with Crippen LogP contribution >= 0.6 is 22.7 Å². The lowest BCUT2D eigenvalue weighted by Crippen LogP contribution is -2.30. The van der Waals surface area contributed by atoms with Crippen LogP contribution in [0.3, 0.4) is 0 Å². The molecule has 2 heterocycles. The number of aromatic nitrogens is 1. The van der Waals surface area contributed by atoms with Crippen LogP contribution in [0, 0.1) is 5.92 Å². The fourth-order valence-electron chi connectivity index (χ4n) is 3.85. The first-order valence-corrected chi connectivity index (χ1v) is 12.5. The average molecular weight is 456 g/mol. The number of carboxylic acid groups (broad SMARTS) is 1. The summed E-state index contributed by atoms with van der Waals surface area (Å²) in [7, 11) is 0. The van der Waals surface area contributed by atoms with E-state index >= 15 is 0 Å². The molecule has 0 bridgehead atoms. The summed E-state index contributed by atoms with van der Waals surface area (Å²) >= 11 is 3.19. The second-order valence-electron chi connectivity index (χ2n) is 8.16. The summed E-state index contributed by atoms with van der Waals surface area (Å²) in [5, 5.41) is 15.9. The van der Waals surface area contributed by atoms with Crippen LogP contribution in [-0.4, -0.2) is 23.6 Å². The molecule has 0 aliphatic heterocycles. The highest BCUT2D eigenvalue weighted by atomic mass is 32.1. The fourth-order valence-corrected chi connectivity index (χ4v) is 5.43. The lowest BCUT2D eigenvalue weighted by atomic mass is 9.89. The van der Waals surface area contributed by atoms with Crippen LogP contribution in [0.5, 0.6) is 5.75 Å². The molecule has 1 aromatic carbocycles. The zero-order chi connectivity index (χ0) is 21.6. The molecule has 0 unspecified atom stereocenters. The molecule has 3 aromatic rings. The molecule has 0 N–H and O–H groups in total. The van der Waals surface area contributed by atoms with E-state index in [0.717, 1.165) is 40.9 Å². The van der Waals surface area contributed by atoms with Crippen molar-refractivity contribution in [2.75, 3.05) is 11.4 Å². The van der Waals surface area contributed by atoms with Gasteiger partial charge in [0.05, 0.1) is 18.3 Å². The summed E-state index contributed by atoms with van der Waals surface area (Å²) in [6.07, 6.45) is 5.04. The molecule has 1 saturated carbocycles. The SMILES string of the molecule is CC1CCC(Oc2ccc(-c3csc(N(CCC(=O)[O-])Cc4cccs4)n3)cc2)CC1. The van der Waals surface area contributed by atoms with E-state index in [4.69, 9.17) is 9.72 Å². The van der Waals surface area contributed by atoms with Crippen molar-refractivity contribution in [3.63, 3.8) is 0 Å². The molecule has 1 fully saturated rings. The van der Waals surface area contributed by atoms with Gasteiger partial charge in [0.1, 0.15) is 5.75 Å². The summed E-state index contributed by atoms with van der Waals surface area (Å²) in [4.78, 5) is 19.0. The van der Waals surface area contributed by atoms with Crippen molar-refractivity contribution in [2.24, 2.45) is 5.92 Å². The zero-order valence-electron chi connectivity index (χ0n) is 17.7. The number of aliphatic carboxylic acids is 1. The van der Waals surface area contributed by atoms with Crippen molar-refractivity contribution in [1.82, 2.24) is 4.98 Å². The molecule has 1 aliphatic carbocycles. The minimum Gasteiger partial charge on any atom is -0.550 e. The number of nitrogens with zero attached hydrogens (tertiary/aromatic N) is 2. The first kappa shape index (κ1) is 21.8. The van der Waals surface area contributed by atoms with Crippen LogP contribution in [0.25, 0.3) is 11.3 Å². The minimum atomic E-state index is -1.05. The molecule has 7 heteroatoms. The van der Waals surface area contributed by atoms with E-state index in [-0.39, 0.29) is 6.42 Å². The average Bonchev–Trinajstić information content (AvgIpc) is 3.45. The third-order valence-electron chi connectivity index (χ3n) is 5.69. The maximum absolute atomic E-state index is 11.0. The number of hydrogen-bond donors (Lipinski definition) is 0. The fraction of sp³-hybridized carbons (Fsp3) is 0.417. The number of carboxylic acids is 1. The molecule has 0 saturated heterocycles. The molecule has 0 amide bonds. The molecule has 164 valence electrons. The van der Waals surface area contributed by atoms with Gasteiger partial charge in [-0.05, 0) is 67.3 Å². The highest BCUT2D eigenvalue weighted by Gasteiger charge is 2.19. The van der Waals surface area contributed by atoms with Crippen LogP contribution in [0.15, 0.2) is 47.2 Å². The summed E-state index contributed by atoms with van der Waals surface area (Å²) in [5.41, 5.74) is 1.92. The number of rotatable bonds is 9. The minimum absolute atomic E-state index is 0.0216. The Labute approximate surface area is 191 Å². The van der Waals surface area contributed by atoms with Gasteiger partial charge in [0, 0.05) is 34.8 Å². The Bertz CT molecular complexity index is 961. The summed E-state index contributed by atoms with van der Waals surface area (Å²) in [6, 6.07) is 12.2. The van der Waals surface area contributed by atoms with Gasteiger partial charge in [-0.2, -0.15) is 0 Å². The smallest absolute Gasteiger partial charge is 0.186 e. The van der Waals surface area contributed by atoms with E-state index in [1.54, 1.807) is 11.3 Å². The number of carbonyl (C=O) groups is 1. The molecule has 0 atom stereocenters. The predicted molar refractivity (Wildman–Crippen MR) is 125 cm³/mol. The maximum atomic E-state index is 11.0. The summed E-state index contributed by atoms with van der Waals surface area (Å²) < 4.78 is 6.16. The predicted octanol–water partition coefficient (Wildman–Crippen LogP) is 4.98. The summed E-state index contributed by atoms with van der Waals surface area (Å²) in [6.45, 7) is 3.33. The van der Waals surface area contributed by atoms with Gasteiger partial charge in [0.15, 0.2) is 5.13 Å². The van der Waals surface area contributed by atoms with Gasteiger partial charge in [-0.15, -0.1) is 22.7 Å². The van der Waals surface area contributed by atoms with Crippen LogP contribution < -0.4 is 14.7 Å². The van der Waals surface area contributed by atoms with Gasteiger partial charge in [0.2, 0.25) is 0 Å². The number of thiophene rings is 1. The third-order valence-corrected chi connectivity index (χ3v) is 7.45. The zero-order valence-corrected chi connectivity index (χ0v) is 19.3. The lowest BCUT2D eigenvalue weighted by Gasteiger charge is -2.26. The molecular weight excluding hydrogens is 428 g/mol. The second kappa shape index (κ2) is 10.3. The Morgan fingerprint density at radius 2 is 1.94 bits per heavy atom.